The summed E-state index contributed by atoms with van der Waals surface area (Å²) in [6, 6.07) is 15.4. The quantitative estimate of drug-likeness (QED) is 0.822. The van der Waals surface area contributed by atoms with Crippen molar-refractivity contribution in [1.29, 1.82) is 0 Å². The van der Waals surface area contributed by atoms with Crippen LogP contribution in [-0.2, 0) is 12.0 Å². The molecule has 0 aromatic heterocycles. The molecule has 0 N–H and O–H groups in total. The topological polar surface area (TPSA) is 12.5 Å². The summed E-state index contributed by atoms with van der Waals surface area (Å²) in [6.07, 6.45) is 7.20. The lowest BCUT2D eigenvalue weighted by molar-refractivity contribution is 0.177. The van der Waals surface area contributed by atoms with E-state index in [9.17, 15) is 0 Å². The molecule has 0 bridgehead atoms. The van der Waals surface area contributed by atoms with Crippen molar-refractivity contribution in [3.05, 3.63) is 70.8 Å². The van der Waals surface area contributed by atoms with Gasteiger partial charge < -0.3 is 4.74 Å². The van der Waals surface area contributed by atoms with Crippen LogP contribution >= 0.6 is 0 Å². The third-order valence-electron chi connectivity index (χ3n) is 5.69. The van der Waals surface area contributed by atoms with Gasteiger partial charge in [0.05, 0.1) is 7.11 Å². The van der Waals surface area contributed by atoms with Gasteiger partial charge in [0, 0.05) is 12.0 Å². The second-order valence-corrected chi connectivity index (χ2v) is 7.16. The Hall–Kier alpha value is -2.06. The largest absolute Gasteiger partial charge is 0.496 e. The highest BCUT2D eigenvalue weighted by Gasteiger charge is 2.37. The summed E-state index contributed by atoms with van der Waals surface area (Å²) in [5, 5.41) is 0. The smallest absolute Gasteiger partial charge is 0.121 e. The van der Waals surface area contributed by atoms with Crippen LogP contribution in [0, 0.1) is 6.92 Å². The molecule has 1 saturated heterocycles. The molecule has 2 nitrogen and oxygen atoms in total. The van der Waals surface area contributed by atoms with Crippen LogP contribution in [0.3, 0.4) is 0 Å². The molecule has 124 valence electrons. The summed E-state index contributed by atoms with van der Waals surface area (Å²) >= 11 is 0. The molecule has 0 saturated carbocycles. The zero-order valence-electron chi connectivity index (χ0n) is 14.6. The number of rotatable bonds is 3. The van der Waals surface area contributed by atoms with Crippen LogP contribution in [0.1, 0.15) is 35.1 Å². The van der Waals surface area contributed by atoms with Crippen LogP contribution in [0.15, 0.2) is 48.5 Å². The van der Waals surface area contributed by atoms with Gasteiger partial charge >= 0.3 is 0 Å². The molecule has 2 aromatic rings. The average Bonchev–Trinajstić information content (AvgIpc) is 2.96. The summed E-state index contributed by atoms with van der Waals surface area (Å²) in [5.41, 5.74) is 5.83. The van der Waals surface area contributed by atoms with E-state index in [1.54, 1.807) is 7.11 Å². The maximum absolute atomic E-state index is 5.37. The van der Waals surface area contributed by atoms with E-state index in [4.69, 9.17) is 4.74 Å². The van der Waals surface area contributed by atoms with Gasteiger partial charge in [-0.15, -0.1) is 0 Å². The first-order valence-corrected chi connectivity index (χ1v) is 8.85. The number of benzene rings is 2. The lowest BCUT2D eigenvalue weighted by atomic mass is 9.74. The Morgan fingerprint density at radius 2 is 1.88 bits per heavy atom. The van der Waals surface area contributed by atoms with Gasteiger partial charge in [0.1, 0.15) is 5.75 Å². The number of allylic oxidation sites excluding steroid dienone is 1. The Morgan fingerprint density at radius 1 is 1.08 bits per heavy atom. The fraction of sp³-hybridized carbons (Fsp3) is 0.364. The molecular weight excluding hydrogens is 294 g/mol. The second-order valence-electron chi connectivity index (χ2n) is 7.16. The van der Waals surface area contributed by atoms with Gasteiger partial charge in [-0.05, 0) is 61.2 Å². The van der Waals surface area contributed by atoms with Crippen LogP contribution in [0.5, 0.6) is 5.75 Å². The maximum atomic E-state index is 5.37. The lowest BCUT2D eigenvalue weighted by Crippen LogP contribution is -2.40. The van der Waals surface area contributed by atoms with E-state index in [0.29, 0.717) is 0 Å². The number of ether oxygens (including phenoxy) is 1. The van der Waals surface area contributed by atoms with Crippen molar-refractivity contribution >= 4 is 6.08 Å². The number of hydrogen-bond donors (Lipinski definition) is 0. The van der Waals surface area contributed by atoms with Crippen molar-refractivity contribution in [1.82, 2.24) is 4.90 Å². The van der Waals surface area contributed by atoms with Gasteiger partial charge in [-0.1, -0.05) is 48.6 Å². The molecule has 2 aliphatic rings. The Morgan fingerprint density at radius 3 is 2.62 bits per heavy atom. The molecule has 24 heavy (non-hydrogen) atoms. The third kappa shape index (κ3) is 2.65. The highest BCUT2D eigenvalue weighted by atomic mass is 16.5. The summed E-state index contributed by atoms with van der Waals surface area (Å²) < 4.78 is 5.37. The van der Waals surface area contributed by atoms with Gasteiger partial charge in [0.15, 0.2) is 0 Å². The minimum absolute atomic E-state index is 0.281. The molecule has 1 spiro atoms. The van der Waals surface area contributed by atoms with Crippen LogP contribution in [-0.4, -0.2) is 25.1 Å². The molecule has 0 atom stereocenters. The van der Waals surface area contributed by atoms with Gasteiger partial charge in [0.25, 0.3) is 0 Å². The minimum Gasteiger partial charge on any atom is -0.496 e. The van der Waals surface area contributed by atoms with Crippen LogP contribution in [0.4, 0.5) is 0 Å². The Labute approximate surface area is 144 Å². The standard InChI is InChI=1S/C22H25NO/c1-17-15-18(7-8-21(17)24-2)16-23-13-11-22(12-14-23)10-9-19-5-3-4-6-20(19)22/h3-10,15H,11-14,16H2,1-2H3. The first-order chi connectivity index (χ1) is 11.7. The number of likely N-dealkylation sites (tertiary alicyclic amines) is 1. The first kappa shape index (κ1) is 15.5. The number of fused-ring (bicyclic) bond motifs is 2. The van der Waals surface area contributed by atoms with Crippen LogP contribution in [0.2, 0.25) is 0 Å². The number of aryl methyl sites for hydroxylation is 1. The molecule has 0 radical (unpaired) electrons. The molecule has 0 amide bonds. The Balaban J connectivity index is 1.44. The van der Waals surface area contributed by atoms with Gasteiger partial charge in [-0.2, -0.15) is 0 Å². The molecule has 1 aliphatic carbocycles. The highest BCUT2D eigenvalue weighted by molar-refractivity contribution is 5.65. The van der Waals surface area contributed by atoms with Gasteiger partial charge in [-0.3, -0.25) is 4.90 Å². The van der Waals surface area contributed by atoms with E-state index in [2.05, 4.69) is 66.4 Å². The van der Waals surface area contributed by atoms with Crippen molar-refractivity contribution < 1.29 is 4.74 Å². The Kier molecular flexibility index (Phi) is 3.93. The van der Waals surface area contributed by atoms with Crippen molar-refractivity contribution in [2.45, 2.75) is 31.7 Å². The molecule has 1 aliphatic heterocycles. The summed E-state index contributed by atoms with van der Waals surface area (Å²) in [7, 11) is 1.74. The fourth-order valence-electron chi connectivity index (χ4n) is 4.28. The molecule has 1 fully saturated rings. The number of nitrogens with zero attached hydrogens (tertiary/aromatic N) is 1. The van der Waals surface area contributed by atoms with E-state index in [0.717, 1.165) is 25.4 Å². The third-order valence-corrected chi connectivity index (χ3v) is 5.69. The van der Waals surface area contributed by atoms with E-state index in [-0.39, 0.29) is 5.41 Å². The highest BCUT2D eigenvalue weighted by Crippen LogP contribution is 2.43. The summed E-state index contributed by atoms with van der Waals surface area (Å²) in [6.45, 7) is 5.47. The molecule has 2 heteroatoms. The minimum atomic E-state index is 0.281. The number of methoxy groups -OCH3 is 1. The zero-order valence-corrected chi connectivity index (χ0v) is 14.6. The SMILES string of the molecule is COc1ccc(CN2CCC3(C=Cc4ccccc43)CC2)cc1C. The molecule has 2 aromatic carbocycles. The molecular formula is C22H25NO. The van der Waals surface area contributed by atoms with Crippen molar-refractivity contribution in [2.75, 3.05) is 20.2 Å². The molecule has 4 rings (SSSR count). The predicted molar refractivity (Wildman–Crippen MR) is 99.4 cm³/mol. The fourth-order valence-corrected chi connectivity index (χ4v) is 4.28. The van der Waals surface area contributed by atoms with E-state index in [1.165, 1.54) is 35.1 Å². The first-order valence-electron chi connectivity index (χ1n) is 8.85. The Bertz CT molecular complexity index is 769. The van der Waals surface area contributed by atoms with E-state index < -0.39 is 0 Å². The zero-order chi connectivity index (χ0) is 16.6. The summed E-state index contributed by atoms with van der Waals surface area (Å²) in [4.78, 5) is 2.58. The summed E-state index contributed by atoms with van der Waals surface area (Å²) in [5.74, 6) is 0.976. The molecule has 0 unspecified atom stereocenters. The monoisotopic (exact) mass is 319 g/mol. The lowest BCUT2D eigenvalue weighted by Gasteiger charge is -2.39. The normalized spacial score (nSPS) is 18.8. The maximum Gasteiger partial charge on any atom is 0.121 e. The van der Waals surface area contributed by atoms with Gasteiger partial charge in [0.2, 0.25) is 0 Å². The van der Waals surface area contributed by atoms with Crippen LogP contribution < -0.4 is 4.74 Å². The van der Waals surface area contributed by atoms with Crippen molar-refractivity contribution in [3.8, 4) is 5.75 Å². The predicted octanol–water partition coefficient (Wildman–Crippen LogP) is 4.56. The van der Waals surface area contributed by atoms with Crippen molar-refractivity contribution in [2.24, 2.45) is 0 Å². The number of hydrogen-bond acceptors (Lipinski definition) is 2. The second kappa shape index (κ2) is 6.10. The average molecular weight is 319 g/mol. The van der Waals surface area contributed by atoms with Crippen molar-refractivity contribution in [3.63, 3.8) is 0 Å². The van der Waals surface area contributed by atoms with E-state index in [1.807, 2.05) is 0 Å². The number of piperidine rings is 1. The molecule has 1 heterocycles. The van der Waals surface area contributed by atoms with Gasteiger partial charge in [-0.25, -0.2) is 0 Å². The van der Waals surface area contributed by atoms with Crippen LogP contribution in [0.25, 0.3) is 6.08 Å². The van der Waals surface area contributed by atoms with E-state index >= 15 is 0 Å².